The van der Waals surface area contributed by atoms with Crippen LogP contribution in [0.1, 0.15) is 13.8 Å². The van der Waals surface area contributed by atoms with Crippen molar-refractivity contribution in [2.75, 3.05) is 6.54 Å². The molecule has 0 amide bonds. The lowest BCUT2D eigenvalue weighted by Gasteiger charge is -2.00. The second kappa shape index (κ2) is 4.06. The number of carboxylic acids is 1. The molecule has 1 atom stereocenters. The molecular formula is C7H13NO2. The molecule has 3 nitrogen and oxygen atoms in total. The number of carbonyl (C=O) groups is 1. The van der Waals surface area contributed by atoms with E-state index in [1.807, 2.05) is 6.92 Å². The zero-order valence-corrected chi connectivity index (χ0v) is 6.29. The van der Waals surface area contributed by atoms with E-state index in [2.05, 4.69) is 0 Å². The molecule has 0 radical (unpaired) electrons. The molecule has 0 aliphatic carbocycles. The van der Waals surface area contributed by atoms with E-state index in [0.29, 0.717) is 12.1 Å². The molecule has 0 aliphatic rings. The van der Waals surface area contributed by atoms with E-state index >= 15 is 0 Å². The maximum absolute atomic E-state index is 10.2. The van der Waals surface area contributed by atoms with E-state index in [-0.39, 0.29) is 5.92 Å². The Hall–Kier alpha value is -0.830. The summed E-state index contributed by atoms with van der Waals surface area (Å²) in [7, 11) is 0. The van der Waals surface area contributed by atoms with Crippen LogP contribution in [0.3, 0.4) is 0 Å². The van der Waals surface area contributed by atoms with E-state index in [9.17, 15) is 4.79 Å². The van der Waals surface area contributed by atoms with Gasteiger partial charge < -0.3 is 10.8 Å². The van der Waals surface area contributed by atoms with E-state index in [4.69, 9.17) is 10.8 Å². The highest BCUT2D eigenvalue weighted by molar-refractivity contribution is 5.85. The van der Waals surface area contributed by atoms with Crippen molar-refractivity contribution in [3.8, 4) is 0 Å². The summed E-state index contributed by atoms with van der Waals surface area (Å²) in [6.07, 6.45) is 1.66. The van der Waals surface area contributed by atoms with Crippen LogP contribution < -0.4 is 5.73 Å². The van der Waals surface area contributed by atoms with Crippen molar-refractivity contribution in [1.29, 1.82) is 0 Å². The average Bonchev–Trinajstić information content (AvgIpc) is 1.87. The maximum Gasteiger partial charge on any atom is 0.330 e. The van der Waals surface area contributed by atoms with Gasteiger partial charge in [0, 0.05) is 5.57 Å². The van der Waals surface area contributed by atoms with Crippen LogP contribution in [0.25, 0.3) is 0 Å². The van der Waals surface area contributed by atoms with E-state index in [1.165, 1.54) is 0 Å². The van der Waals surface area contributed by atoms with Crippen LogP contribution in [0.2, 0.25) is 0 Å². The lowest BCUT2D eigenvalue weighted by atomic mass is 10.1. The number of nitrogens with two attached hydrogens (primary N) is 1. The smallest absolute Gasteiger partial charge is 0.330 e. The Morgan fingerprint density at radius 3 is 2.60 bits per heavy atom. The zero-order chi connectivity index (χ0) is 8.15. The zero-order valence-electron chi connectivity index (χ0n) is 6.29. The first-order chi connectivity index (χ1) is 4.57. The summed E-state index contributed by atoms with van der Waals surface area (Å²) in [5.74, 6) is -0.726. The standard InChI is InChI=1S/C7H13NO2/c1-5(4-8)3-6(2)7(9)10/h3,5H,4,8H2,1-2H3,(H,9,10)/b6-3+. The fourth-order valence-corrected chi connectivity index (χ4v) is 0.566. The molecule has 0 aromatic rings. The van der Waals surface area contributed by atoms with Crippen molar-refractivity contribution in [2.24, 2.45) is 11.7 Å². The molecule has 0 saturated heterocycles. The lowest BCUT2D eigenvalue weighted by Crippen LogP contribution is -2.09. The van der Waals surface area contributed by atoms with Crippen molar-refractivity contribution >= 4 is 5.97 Å². The summed E-state index contributed by atoms with van der Waals surface area (Å²) < 4.78 is 0. The van der Waals surface area contributed by atoms with E-state index in [1.54, 1.807) is 13.0 Å². The molecule has 0 aromatic carbocycles. The van der Waals surface area contributed by atoms with Crippen molar-refractivity contribution < 1.29 is 9.90 Å². The van der Waals surface area contributed by atoms with Crippen molar-refractivity contribution in [3.05, 3.63) is 11.6 Å². The highest BCUT2D eigenvalue weighted by atomic mass is 16.4. The Kier molecular flexibility index (Phi) is 3.72. The SMILES string of the molecule is C/C(=C\C(C)CN)C(=O)O. The highest BCUT2D eigenvalue weighted by Crippen LogP contribution is 2.00. The molecule has 10 heavy (non-hydrogen) atoms. The van der Waals surface area contributed by atoms with Gasteiger partial charge in [-0.25, -0.2) is 4.79 Å². The topological polar surface area (TPSA) is 63.3 Å². The fraction of sp³-hybridized carbons (Fsp3) is 0.571. The normalized spacial score (nSPS) is 14.9. The van der Waals surface area contributed by atoms with Gasteiger partial charge in [0.25, 0.3) is 0 Å². The van der Waals surface area contributed by atoms with Gasteiger partial charge in [0.15, 0.2) is 0 Å². The summed E-state index contributed by atoms with van der Waals surface area (Å²) in [6.45, 7) is 3.94. The van der Waals surface area contributed by atoms with Gasteiger partial charge in [-0.15, -0.1) is 0 Å². The molecule has 1 unspecified atom stereocenters. The maximum atomic E-state index is 10.2. The summed E-state index contributed by atoms with van der Waals surface area (Å²) in [5.41, 5.74) is 5.64. The van der Waals surface area contributed by atoms with E-state index < -0.39 is 5.97 Å². The van der Waals surface area contributed by atoms with Gasteiger partial charge in [-0.1, -0.05) is 13.0 Å². The molecular weight excluding hydrogens is 130 g/mol. The third-order valence-corrected chi connectivity index (χ3v) is 1.24. The Labute approximate surface area is 60.5 Å². The largest absolute Gasteiger partial charge is 0.478 e. The number of hydrogen-bond donors (Lipinski definition) is 2. The monoisotopic (exact) mass is 143 g/mol. The van der Waals surface area contributed by atoms with Crippen LogP contribution in [-0.2, 0) is 4.79 Å². The van der Waals surface area contributed by atoms with Gasteiger partial charge in [0.2, 0.25) is 0 Å². The van der Waals surface area contributed by atoms with Crippen LogP contribution in [0.4, 0.5) is 0 Å². The molecule has 0 saturated carbocycles. The predicted molar refractivity (Wildman–Crippen MR) is 39.6 cm³/mol. The molecule has 3 heteroatoms. The molecule has 3 N–H and O–H groups in total. The van der Waals surface area contributed by atoms with Gasteiger partial charge in [0.1, 0.15) is 0 Å². The van der Waals surface area contributed by atoms with Crippen LogP contribution in [0.5, 0.6) is 0 Å². The van der Waals surface area contributed by atoms with E-state index in [0.717, 1.165) is 0 Å². The number of carboxylic acid groups (broad SMARTS) is 1. The van der Waals surface area contributed by atoms with Crippen molar-refractivity contribution in [3.63, 3.8) is 0 Å². The van der Waals surface area contributed by atoms with Crippen LogP contribution in [0, 0.1) is 5.92 Å². The number of hydrogen-bond acceptors (Lipinski definition) is 2. The van der Waals surface area contributed by atoms with Gasteiger partial charge in [-0.2, -0.15) is 0 Å². The average molecular weight is 143 g/mol. The Morgan fingerprint density at radius 1 is 1.80 bits per heavy atom. The minimum Gasteiger partial charge on any atom is -0.478 e. The van der Waals surface area contributed by atoms with Gasteiger partial charge in [-0.3, -0.25) is 0 Å². The van der Waals surface area contributed by atoms with Gasteiger partial charge in [0.05, 0.1) is 0 Å². The second-order valence-corrected chi connectivity index (χ2v) is 2.37. The van der Waals surface area contributed by atoms with Crippen molar-refractivity contribution in [2.45, 2.75) is 13.8 Å². The summed E-state index contributed by atoms with van der Waals surface area (Å²) >= 11 is 0. The quantitative estimate of drug-likeness (QED) is 0.569. The molecule has 58 valence electrons. The predicted octanol–water partition coefficient (Wildman–Crippen LogP) is 0.612. The Bertz CT molecular complexity index is 152. The minimum atomic E-state index is -0.875. The second-order valence-electron chi connectivity index (χ2n) is 2.37. The van der Waals surface area contributed by atoms with Crippen LogP contribution in [0.15, 0.2) is 11.6 Å². The molecule has 0 bridgehead atoms. The number of aliphatic carboxylic acids is 1. The Morgan fingerprint density at radius 2 is 2.30 bits per heavy atom. The summed E-state index contributed by atoms with van der Waals surface area (Å²) in [6, 6.07) is 0. The first kappa shape index (κ1) is 9.17. The third-order valence-electron chi connectivity index (χ3n) is 1.24. The summed E-state index contributed by atoms with van der Waals surface area (Å²) in [4.78, 5) is 10.2. The molecule has 0 fully saturated rings. The lowest BCUT2D eigenvalue weighted by molar-refractivity contribution is -0.132. The third kappa shape index (κ3) is 3.25. The fourth-order valence-electron chi connectivity index (χ4n) is 0.566. The van der Waals surface area contributed by atoms with Crippen LogP contribution >= 0.6 is 0 Å². The molecule has 0 rings (SSSR count). The summed E-state index contributed by atoms with van der Waals surface area (Å²) in [5, 5.41) is 8.42. The molecule has 0 aliphatic heterocycles. The first-order valence-corrected chi connectivity index (χ1v) is 3.19. The molecule has 0 heterocycles. The molecule has 0 aromatic heterocycles. The van der Waals surface area contributed by atoms with Crippen molar-refractivity contribution in [1.82, 2.24) is 0 Å². The van der Waals surface area contributed by atoms with Gasteiger partial charge >= 0.3 is 5.97 Å². The van der Waals surface area contributed by atoms with Gasteiger partial charge in [-0.05, 0) is 19.4 Å². The Balaban J connectivity index is 4.02. The number of rotatable bonds is 3. The van der Waals surface area contributed by atoms with Crippen LogP contribution in [-0.4, -0.2) is 17.6 Å². The minimum absolute atomic E-state index is 0.149. The highest BCUT2D eigenvalue weighted by Gasteiger charge is 2.01. The first-order valence-electron chi connectivity index (χ1n) is 3.19. The molecule has 0 spiro atoms.